The molecule has 0 N–H and O–H groups in total. The first-order valence-electron chi connectivity index (χ1n) is 15.3. The first kappa shape index (κ1) is 34.6. The fourth-order valence-electron chi connectivity index (χ4n) is 4.27. The minimum absolute atomic E-state index is 0.381. The van der Waals surface area contributed by atoms with E-state index in [1.54, 1.807) is 36.4 Å². The lowest BCUT2D eigenvalue weighted by molar-refractivity contribution is -0.138. The number of benzene rings is 3. The van der Waals surface area contributed by atoms with E-state index in [-0.39, 0.29) is 5.97 Å². The van der Waals surface area contributed by atoms with Crippen molar-refractivity contribution in [3.63, 3.8) is 0 Å². The molecule has 8 heteroatoms. The predicted octanol–water partition coefficient (Wildman–Crippen LogP) is 7.91. The SMILES string of the molecule is C=CC(=O)OCCCCCCOc1ccc(OC(=O)c2ccc(-c3ccc(OCCCCCCOC(=O)C=C)cc3)cc2)cc1. The maximum absolute atomic E-state index is 12.7. The fourth-order valence-corrected chi connectivity index (χ4v) is 4.27. The normalized spacial score (nSPS) is 10.4. The van der Waals surface area contributed by atoms with Gasteiger partial charge in [0, 0.05) is 12.2 Å². The molecule has 0 fully saturated rings. The van der Waals surface area contributed by atoms with Crippen molar-refractivity contribution in [3.05, 3.63) is 104 Å². The Hall–Kier alpha value is -4.85. The lowest BCUT2D eigenvalue weighted by Crippen LogP contribution is -2.08. The molecule has 0 radical (unpaired) electrons. The summed E-state index contributed by atoms with van der Waals surface area (Å²) in [6.07, 6.45) is 9.69. The van der Waals surface area contributed by atoms with Crippen LogP contribution in [-0.4, -0.2) is 44.3 Å². The fraction of sp³-hybridized carbons (Fsp3) is 0.324. The average Bonchev–Trinajstić information content (AvgIpc) is 3.07. The number of hydrogen-bond acceptors (Lipinski definition) is 8. The second-order valence-corrected chi connectivity index (χ2v) is 10.2. The van der Waals surface area contributed by atoms with E-state index < -0.39 is 11.9 Å². The number of esters is 3. The van der Waals surface area contributed by atoms with E-state index in [9.17, 15) is 14.4 Å². The maximum atomic E-state index is 12.7. The Morgan fingerprint density at radius 3 is 1.31 bits per heavy atom. The van der Waals surface area contributed by atoms with Gasteiger partial charge in [-0.25, -0.2) is 14.4 Å². The van der Waals surface area contributed by atoms with Crippen LogP contribution in [0.5, 0.6) is 17.2 Å². The molecule has 238 valence electrons. The summed E-state index contributed by atoms with van der Waals surface area (Å²) in [4.78, 5) is 34.7. The van der Waals surface area contributed by atoms with Crippen LogP contribution in [0.25, 0.3) is 11.1 Å². The molecule has 0 bridgehead atoms. The average molecular weight is 615 g/mol. The molecule has 0 heterocycles. The molecule has 0 aliphatic heterocycles. The highest BCUT2D eigenvalue weighted by Gasteiger charge is 2.10. The van der Waals surface area contributed by atoms with Gasteiger partial charge in [-0.3, -0.25) is 0 Å². The predicted molar refractivity (Wildman–Crippen MR) is 174 cm³/mol. The van der Waals surface area contributed by atoms with E-state index in [0.717, 1.165) is 68.2 Å². The van der Waals surface area contributed by atoms with E-state index in [2.05, 4.69) is 13.2 Å². The van der Waals surface area contributed by atoms with Gasteiger partial charge in [0.25, 0.3) is 0 Å². The molecular formula is C37H42O8. The summed E-state index contributed by atoms with van der Waals surface area (Å²) in [6, 6.07) is 22.1. The number of ether oxygens (including phenoxy) is 5. The molecule has 0 unspecified atom stereocenters. The largest absolute Gasteiger partial charge is 0.494 e. The van der Waals surface area contributed by atoms with Gasteiger partial charge in [-0.15, -0.1) is 0 Å². The van der Waals surface area contributed by atoms with Crippen LogP contribution in [0, 0.1) is 0 Å². The summed E-state index contributed by atoms with van der Waals surface area (Å²) in [5.41, 5.74) is 2.45. The highest BCUT2D eigenvalue weighted by Crippen LogP contribution is 2.24. The third-order valence-corrected chi connectivity index (χ3v) is 6.78. The van der Waals surface area contributed by atoms with Crippen molar-refractivity contribution in [1.82, 2.24) is 0 Å². The summed E-state index contributed by atoms with van der Waals surface area (Å²) in [5, 5.41) is 0. The Labute approximate surface area is 265 Å². The van der Waals surface area contributed by atoms with Gasteiger partial charge in [0.05, 0.1) is 32.0 Å². The molecule has 0 aliphatic carbocycles. The van der Waals surface area contributed by atoms with E-state index >= 15 is 0 Å². The molecule has 3 rings (SSSR count). The van der Waals surface area contributed by atoms with Crippen LogP contribution in [0.1, 0.15) is 61.7 Å². The molecule has 0 amide bonds. The third-order valence-electron chi connectivity index (χ3n) is 6.78. The zero-order chi connectivity index (χ0) is 32.1. The van der Waals surface area contributed by atoms with Crippen LogP contribution in [0.2, 0.25) is 0 Å². The number of carbonyl (C=O) groups is 3. The Kier molecular flexibility index (Phi) is 15.5. The zero-order valence-corrected chi connectivity index (χ0v) is 25.7. The van der Waals surface area contributed by atoms with Crippen molar-refractivity contribution in [2.75, 3.05) is 26.4 Å². The quantitative estimate of drug-likeness (QED) is 0.0517. The van der Waals surface area contributed by atoms with Crippen LogP contribution in [0.3, 0.4) is 0 Å². The summed E-state index contributed by atoms with van der Waals surface area (Å²) >= 11 is 0. The van der Waals surface area contributed by atoms with Crippen molar-refractivity contribution in [1.29, 1.82) is 0 Å². The molecule has 0 saturated carbocycles. The molecule has 8 nitrogen and oxygen atoms in total. The van der Waals surface area contributed by atoms with Crippen molar-refractivity contribution in [2.24, 2.45) is 0 Å². The number of carbonyl (C=O) groups excluding carboxylic acids is 3. The monoisotopic (exact) mass is 614 g/mol. The summed E-state index contributed by atoms with van der Waals surface area (Å²) in [7, 11) is 0. The first-order valence-corrected chi connectivity index (χ1v) is 15.3. The Bertz CT molecular complexity index is 1340. The van der Waals surface area contributed by atoms with Gasteiger partial charge in [-0.1, -0.05) is 37.4 Å². The standard InChI is InChI=1S/C37H42O8/c1-3-35(38)43-27-11-7-5-9-25-41-32-19-17-30(18-20-32)29-13-15-31(16-14-29)37(40)45-34-23-21-33(22-24-34)42-26-10-6-8-12-28-44-36(39)4-2/h3-4,13-24H,1-2,5-12,25-28H2. The molecule has 0 spiro atoms. The number of hydrogen-bond donors (Lipinski definition) is 0. The smallest absolute Gasteiger partial charge is 0.343 e. The molecular weight excluding hydrogens is 572 g/mol. The van der Waals surface area contributed by atoms with E-state index in [1.807, 2.05) is 36.4 Å². The van der Waals surface area contributed by atoms with Crippen LogP contribution < -0.4 is 14.2 Å². The van der Waals surface area contributed by atoms with Crippen molar-refractivity contribution >= 4 is 17.9 Å². The van der Waals surface area contributed by atoms with Gasteiger partial charge in [0.2, 0.25) is 0 Å². The minimum Gasteiger partial charge on any atom is -0.494 e. The topological polar surface area (TPSA) is 97.4 Å². The molecule has 3 aromatic rings. The molecule has 0 saturated heterocycles. The van der Waals surface area contributed by atoms with Crippen LogP contribution in [0.4, 0.5) is 0 Å². The second-order valence-electron chi connectivity index (χ2n) is 10.2. The van der Waals surface area contributed by atoms with Crippen molar-refractivity contribution in [2.45, 2.75) is 51.4 Å². The Balaban J connectivity index is 1.32. The maximum Gasteiger partial charge on any atom is 0.343 e. The molecule has 0 aliphatic rings. The molecule has 0 atom stereocenters. The lowest BCUT2D eigenvalue weighted by Gasteiger charge is -2.09. The van der Waals surface area contributed by atoms with Crippen molar-refractivity contribution < 1.29 is 38.1 Å². The highest BCUT2D eigenvalue weighted by molar-refractivity contribution is 5.91. The van der Waals surface area contributed by atoms with E-state index in [4.69, 9.17) is 23.7 Å². The number of rotatable bonds is 21. The van der Waals surface area contributed by atoms with E-state index in [0.29, 0.717) is 43.5 Å². The van der Waals surface area contributed by atoms with Crippen LogP contribution in [-0.2, 0) is 19.1 Å². The summed E-state index contributed by atoms with van der Waals surface area (Å²) < 4.78 is 27.1. The third kappa shape index (κ3) is 13.5. The van der Waals surface area contributed by atoms with Gasteiger partial charge < -0.3 is 23.7 Å². The molecule has 45 heavy (non-hydrogen) atoms. The zero-order valence-electron chi connectivity index (χ0n) is 25.7. The lowest BCUT2D eigenvalue weighted by atomic mass is 10.0. The Morgan fingerprint density at radius 1 is 0.489 bits per heavy atom. The van der Waals surface area contributed by atoms with Gasteiger partial charge in [-0.05, 0) is 111 Å². The summed E-state index contributed by atoms with van der Waals surface area (Å²) in [6.45, 7) is 8.77. The number of unbranched alkanes of at least 4 members (excludes halogenated alkanes) is 6. The van der Waals surface area contributed by atoms with Gasteiger partial charge in [0.1, 0.15) is 17.2 Å². The van der Waals surface area contributed by atoms with Crippen LogP contribution in [0.15, 0.2) is 98.1 Å². The molecule has 3 aromatic carbocycles. The Morgan fingerprint density at radius 2 is 0.867 bits per heavy atom. The van der Waals surface area contributed by atoms with Gasteiger partial charge in [-0.2, -0.15) is 0 Å². The highest BCUT2D eigenvalue weighted by atomic mass is 16.5. The van der Waals surface area contributed by atoms with E-state index in [1.165, 1.54) is 12.2 Å². The second kappa shape index (κ2) is 20.2. The summed E-state index contributed by atoms with van der Waals surface area (Å²) in [5.74, 6) is 0.740. The first-order chi connectivity index (χ1) is 22.0. The van der Waals surface area contributed by atoms with Crippen molar-refractivity contribution in [3.8, 4) is 28.4 Å². The molecule has 0 aromatic heterocycles. The minimum atomic E-state index is -0.435. The van der Waals surface area contributed by atoms with Gasteiger partial charge in [0.15, 0.2) is 0 Å². The van der Waals surface area contributed by atoms with Crippen LogP contribution >= 0.6 is 0 Å². The van der Waals surface area contributed by atoms with Gasteiger partial charge >= 0.3 is 17.9 Å².